The van der Waals surface area contributed by atoms with Crippen molar-refractivity contribution in [2.75, 3.05) is 0 Å². The summed E-state index contributed by atoms with van der Waals surface area (Å²) in [4.78, 5) is 8.79. The molecule has 0 saturated carbocycles. The van der Waals surface area contributed by atoms with Crippen LogP contribution in [-0.2, 0) is 0 Å². The molecule has 2 aromatic heterocycles. The van der Waals surface area contributed by atoms with Crippen LogP contribution in [0.3, 0.4) is 0 Å². The van der Waals surface area contributed by atoms with Gasteiger partial charge in [0.2, 0.25) is 5.28 Å². The van der Waals surface area contributed by atoms with E-state index in [-0.39, 0.29) is 0 Å². The first kappa shape index (κ1) is 10.1. The second kappa shape index (κ2) is 3.43. The minimum atomic E-state index is 0.432. The quantitative estimate of drug-likeness (QED) is 0.593. The first-order valence-electron chi connectivity index (χ1n) is 4.75. The van der Waals surface area contributed by atoms with Crippen molar-refractivity contribution >= 4 is 44.1 Å². The molecule has 1 aromatic carbocycles. The number of benzene rings is 1. The maximum atomic E-state index is 6.10. The summed E-state index contributed by atoms with van der Waals surface area (Å²) >= 11 is 9.51. The van der Waals surface area contributed by atoms with E-state index in [0.717, 1.165) is 26.7 Å². The molecule has 0 radical (unpaired) electrons. The standard InChI is InChI=1S/C11H7BrClN3/c1-6-5-16-10(14-6)8-3-2-7(12)4-9(8)15-11(16)13/h2-5H,1H3. The Labute approximate surface area is 105 Å². The van der Waals surface area contributed by atoms with Crippen LogP contribution >= 0.6 is 27.5 Å². The second-order valence-electron chi connectivity index (χ2n) is 3.62. The van der Waals surface area contributed by atoms with Gasteiger partial charge in [-0.2, -0.15) is 0 Å². The molecule has 3 rings (SSSR count). The fourth-order valence-corrected chi connectivity index (χ4v) is 2.34. The van der Waals surface area contributed by atoms with Crippen molar-refractivity contribution < 1.29 is 0 Å². The Morgan fingerprint density at radius 3 is 2.94 bits per heavy atom. The van der Waals surface area contributed by atoms with E-state index in [0.29, 0.717) is 5.28 Å². The lowest BCUT2D eigenvalue weighted by molar-refractivity contribution is 1.12. The summed E-state index contributed by atoms with van der Waals surface area (Å²) < 4.78 is 2.78. The molecular formula is C11H7BrClN3. The van der Waals surface area contributed by atoms with Gasteiger partial charge in [0, 0.05) is 16.1 Å². The van der Waals surface area contributed by atoms with E-state index in [2.05, 4.69) is 25.9 Å². The molecule has 0 N–H and O–H groups in total. The highest BCUT2D eigenvalue weighted by Gasteiger charge is 2.08. The van der Waals surface area contributed by atoms with E-state index in [1.807, 2.05) is 31.3 Å². The Balaban J connectivity index is 2.57. The minimum Gasteiger partial charge on any atom is -0.274 e. The predicted octanol–water partition coefficient (Wildman–Crippen LogP) is 3.61. The Morgan fingerprint density at radius 2 is 2.12 bits per heavy atom. The summed E-state index contributed by atoms with van der Waals surface area (Å²) in [6.07, 6.45) is 1.88. The fraction of sp³-hybridized carbons (Fsp3) is 0.0909. The van der Waals surface area contributed by atoms with E-state index in [1.165, 1.54) is 0 Å². The number of halogens is 2. The molecule has 80 valence electrons. The van der Waals surface area contributed by atoms with Crippen LogP contribution in [0.2, 0.25) is 5.28 Å². The fourth-order valence-electron chi connectivity index (χ4n) is 1.77. The number of nitrogens with zero attached hydrogens (tertiary/aromatic N) is 3. The summed E-state index contributed by atoms with van der Waals surface area (Å²) in [5.74, 6) is 0. The van der Waals surface area contributed by atoms with Gasteiger partial charge in [-0.15, -0.1) is 0 Å². The number of fused-ring (bicyclic) bond motifs is 3. The number of hydrogen-bond acceptors (Lipinski definition) is 2. The monoisotopic (exact) mass is 295 g/mol. The number of imidazole rings is 1. The van der Waals surface area contributed by atoms with Crippen molar-refractivity contribution in [2.24, 2.45) is 0 Å². The summed E-state index contributed by atoms with van der Waals surface area (Å²) in [5.41, 5.74) is 2.62. The topological polar surface area (TPSA) is 30.2 Å². The molecule has 2 heterocycles. The van der Waals surface area contributed by atoms with Gasteiger partial charge in [0.1, 0.15) is 5.65 Å². The molecule has 0 atom stereocenters. The van der Waals surface area contributed by atoms with Gasteiger partial charge in [-0.1, -0.05) is 15.9 Å². The van der Waals surface area contributed by atoms with E-state index in [1.54, 1.807) is 4.40 Å². The lowest BCUT2D eigenvalue weighted by Crippen LogP contribution is -1.91. The van der Waals surface area contributed by atoms with Crippen LogP contribution in [-0.4, -0.2) is 14.4 Å². The van der Waals surface area contributed by atoms with E-state index >= 15 is 0 Å². The van der Waals surface area contributed by atoms with Gasteiger partial charge in [0.15, 0.2) is 0 Å². The van der Waals surface area contributed by atoms with E-state index < -0.39 is 0 Å². The summed E-state index contributed by atoms with van der Waals surface area (Å²) in [6, 6.07) is 5.90. The maximum Gasteiger partial charge on any atom is 0.209 e. The van der Waals surface area contributed by atoms with Gasteiger partial charge < -0.3 is 0 Å². The normalized spacial score (nSPS) is 11.4. The molecule has 0 aliphatic carbocycles. The summed E-state index contributed by atoms with van der Waals surface area (Å²) in [5, 5.41) is 1.43. The molecule has 0 unspecified atom stereocenters. The van der Waals surface area contributed by atoms with E-state index in [4.69, 9.17) is 11.6 Å². The van der Waals surface area contributed by atoms with Crippen molar-refractivity contribution in [1.82, 2.24) is 14.4 Å². The number of rotatable bonds is 0. The zero-order valence-electron chi connectivity index (χ0n) is 8.41. The first-order chi connectivity index (χ1) is 7.65. The molecular weight excluding hydrogens is 289 g/mol. The smallest absolute Gasteiger partial charge is 0.209 e. The van der Waals surface area contributed by atoms with Crippen LogP contribution in [0.15, 0.2) is 28.9 Å². The van der Waals surface area contributed by atoms with Crippen molar-refractivity contribution in [3.63, 3.8) is 0 Å². The number of aryl methyl sites for hydroxylation is 1. The van der Waals surface area contributed by atoms with Crippen molar-refractivity contribution in [3.05, 3.63) is 39.8 Å². The van der Waals surface area contributed by atoms with Crippen molar-refractivity contribution in [3.8, 4) is 0 Å². The van der Waals surface area contributed by atoms with Gasteiger partial charge in [0.05, 0.1) is 11.2 Å². The van der Waals surface area contributed by atoms with Crippen LogP contribution in [0.4, 0.5) is 0 Å². The molecule has 16 heavy (non-hydrogen) atoms. The third-order valence-corrected chi connectivity index (χ3v) is 3.20. The molecule has 0 aliphatic heterocycles. The highest BCUT2D eigenvalue weighted by atomic mass is 79.9. The predicted molar refractivity (Wildman–Crippen MR) is 67.9 cm³/mol. The van der Waals surface area contributed by atoms with Gasteiger partial charge in [-0.25, -0.2) is 9.97 Å². The van der Waals surface area contributed by atoms with E-state index in [9.17, 15) is 0 Å². The zero-order chi connectivity index (χ0) is 11.3. The van der Waals surface area contributed by atoms with Crippen LogP contribution in [0.1, 0.15) is 5.69 Å². The molecule has 3 nitrogen and oxygen atoms in total. The Bertz CT molecular complexity index is 705. The third kappa shape index (κ3) is 1.41. The van der Waals surface area contributed by atoms with Gasteiger partial charge in [0.25, 0.3) is 0 Å². The van der Waals surface area contributed by atoms with Crippen LogP contribution in [0, 0.1) is 6.92 Å². The largest absolute Gasteiger partial charge is 0.274 e. The van der Waals surface area contributed by atoms with Crippen LogP contribution in [0.25, 0.3) is 16.6 Å². The second-order valence-corrected chi connectivity index (χ2v) is 4.87. The number of hydrogen-bond donors (Lipinski definition) is 0. The molecule has 5 heteroatoms. The average molecular weight is 297 g/mol. The number of aromatic nitrogens is 3. The Morgan fingerprint density at radius 1 is 1.31 bits per heavy atom. The molecule has 0 spiro atoms. The lowest BCUT2D eigenvalue weighted by atomic mass is 10.2. The molecule has 0 fully saturated rings. The van der Waals surface area contributed by atoms with Gasteiger partial charge in [-0.3, -0.25) is 4.40 Å². The third-order valence-electron chi connectivity index (χ3n) is 2.44. The molecule has 0 saturated heterocycles. The summed E-state index contributed by atoms with van der Waals surface area (Å²) in [7, 11) is 0. The highest BCUT2D eigenvalue weighted by Crippen LogP contribution is 2.24. The van der Waals surface area contributed by atoms with Crippen molar-refractivity contribution in [1.29, 1.82) is 0 Å². The first-order valence-corrected chi connectivity index (χ1v) is 5.93. The highest BCUT2D eigenvalue weighted by molar-refractivity contribution is 9.10. The summed E-state index contributed by atoms with van der Waals surface area (Å²) in [6.45, 7) is 1.94. The SMILES string of the molecule is Cc1cn2c(Cl)nc3cc(Br)ccc3c2n1. The molecule has 3 aromatic rings. The minimum absolute atomic E-state index is 0.432. The Hall–Kier alpha value is -1.13. The maximum absolute atomic E-state index is 6.10. The molecule has 0 amide bonds. The van der Waals surface area contributed by atoms with Crippen LogP contribution < -0.4 is 0 Å². The van der Waals surface area contributed by atoms with Gasteiger partial charge >= 0.3 is 0 Å². The average Bonchev–Trinajstić information content (AvgIpc) is 2.60. The lowest BCUT2D eigenvalue weighted by Gasteiger charge is -2.02. The Kier molecular flexibility index (Phi) is 2.16. The van der Waals surface area contributed by atoms with Crippen LogP contribution in [0.5, 0.6) is 0 Å². The van der Waals surface area contributed by atoms with Gasteiger partial charge in [-0.05, 0) is 36.7 Å². The zero-order valence-corrected chi connectivity index (χ0v) is 10.7. The molecule has 0 aliphatic rings. The van der Waals surface area contributed by atoms with Crippen molar-refractivity contribution in [2.45, 2.75) is 6.92 Å². The molecule has 0 bridgehead atoms.